The molecule has 0 aromatic heterocycles. The Bertz CT molecular complexity index is 147. The highest BCUT2D eigenvalue weighted by atomic mass is 35.5. The van der Waals surface area contributed by atoms with Gasteiger partial charge in [0, 0.05) is 13.1 Å². The Morgan fingerprint density at radius 1 is 1.50 bits per heavy atom. The summed E-state index contributed by atoms with van der Waals surface area (Å²) in [6.07, 6.45) is 2.13. The van der Waals surface area contributed by atoms with Crippen molar-refractivity contribution in [1.82, 2.24) is 4.90 Å². The van der Waals surface area contributed by atoms with E-state index in [0.717, 1.165) is 12.8 Å². The van der Waals surface area contributed by atoms with E-state index >= 15 is 0 Å². The molecule has 0 bridgehead atoms. The number of carbonyl (C=O) groups is 1. The zero-order chi connectivity index (χ0) is 9.72. The Balaban J connectivity index is 4.00. The molecule has 0 saturated heterocycles. The molecule has 2 nitrogen and oxygen atoms in total. The van der Waals surface area contributed by atoms with Gasteiger partial charge in [-0.2, -0.15) is 0 Å². The van der Waals surface area contributed by atoms with Gasteiger partial charge in [-0.3, -0.25) is 4.79 Å². The van der Waals surface area contributed by atoms with Crippen LogP contribution in [0.15, 0.2) is 0 Å². The molecule has 0 radical (unpaired) electrons. The van der Waals surface area contributed by atoms with Crippen molar-refractivity contribution in [2.24, 2.45) is 0 Å². The molecule has 0 rings (SSSR count). The number of rotatable bonds is 4. The summed E-state index contributed by atoms with van der Waals surface area (Å²) >= 11 is 5.68. The predicted octanol–water partition coefficient (Wildman–Crippen LogP) is 2.26. The molecule has 1 amide bonds. The minimum atomic E-state index is -0.408. The fraction of sp³-hybridized carbons (Fsp3) is 0.889. The monoisotopic (exact) mass is 191 g/mol. The number of hydrogen-bond donors (Lipinski definition) is 0. The first-order valence-corrected chi connectivity index (χ1v) is 4.85. The molecule has 0 aliphatic carbocycles. The normalized spacial score (nSPS) is 15.4. The van der Waals surface area contributed by atoms with Crippen LogP contribution in [0.2, 0.25) is 0 Å². The molecule has 0 fully saturated rings. The van der Waals surface area contributed by atoms with Crippen molar-refractivity contribution in [3.63, 3.8) is 0 Å². The fourth-order valence-electron chi connectivity index (χ4n) is 1.11. The van der Waals surface area contributed by atoms with Crippen molar-refractivity contribution in [3.05, 3.63) is 0 Å². The smallest absolute Gasteiger partial charge is 0.240 e. The van der Waals surface area contributed by atoms with Crippen LogP contribution in [0.1, 0.15) is 33.6 Å². The molecule has 0 aromatic rings. The van der Waals surface area contributed by atoms with Gasteiger partial charge in [0.15, 0.2) is 0 Å². The lowest BCUT2D eigenvalue weighted by Gasteiger charge is -2.25. The number of amides is 1. The maximum atomic E-state index is 11.4. The van der Waals surface area contributed by atoms with Crippen LogP contribution in [0.25, 0.3) is 0 Å². The molecule has 2 atom stereocenters. The minimum Gasteiger partial charge on any atom is -0.342 e. The highest BCUT2D eigenvalue weighted by molar-refractivity contribution is 6.30. The summed E-state index contributed by atoms with van der Waals surface area (Å²) < 4.78 is 0. The first-order chi connectivity index (χ1) is 5.50. The van der Waals surface area contributed by atoms with Gasteiger partial charge < -0.3 is 4.90 Å². The second-order valence-electron chi connectivity index (χ2n) is 3.20. The number of halogens is 1. The van der Waals surface area contributed by atoms with E-state index in [0.29, 0.717) is 6.04 Å². The molecule has 2 unspecified atom stereocenters. The van der Waals surface area contributed by atoms with E-state index in [9.17, 15) is 4.79 Å². The SMILES string of the molecule is CCCC(C)N(C)C(=O)C(C)Cl. The van der Waals surface area contributed by atoms with Gasteiger partial charge in [-0.25, -0.2) is 0 Å². The predicted molar refractivity (Wildman–Crippen MR) is 52.5 cm³/mol. The van der Waals surface area contributed by atoms with E-state index in [-0.39, 0.29) is 5.91 Å². The van der Waals surface area contributed by atoms with Gasteiger partial charge in [-0.1, -0.05) is 13.3 Å². The van der Waals surface area contributed by atoms with Crippen molar-refractivity contribution in [3.8, 4) is 0 Å². The fourth-order valence-corrected chi connectivity index (χ4v) is 1.26. The number of carbonyl (C=O) groups excluding carboxylic acids is 1. The number of alkyl halides is 1. The van der Waals surface area contributed by atoms with Gasteiger partial charge in [-0.05, 0) is 20.3 Å². The second kappa shape index (κ2) is 5.41. The van der Waals surface area contributed by atoms with Gasteiger partial charge in [0.1, 0.15) is 5.38 Å². The zero-order valence-electron chi connectivity index (χ0n) is 8.30. The molecule has 0 aliphatic rings. The molecule has 0 aliphatic heterocycles. The molecule has 0 heterocycles. The largest absolute Gasteiger partial charge is 0.342 e. The average Bonchev–Trinajstić information content (AvgIpc) is 2.02. The van der Waals surface area contributed by atoms with Gasteiger partial charge >= 0.3 is 0 Å². The van der Waals surface area contributed by atoms with Gasteiger partial charge in [0.05, 0.1) is 0 Å². The Hall–Kier alpha value is -0.240. The molecule has 0 spiro atoms. The van der Waals surface area contributed by atoms with E-state index < -0.39 is 5.38 Å². The maximum Gasteiger partial charge on any atom is 0.240 e. The van der Waals surface area contributed by atoms with Gasteiger partial charge in [-0.15, -0.1) is 11.6 Å². The summed E-state index contributed by atoms with van der Waals surface area (Å²) in [5.41, 5.74) is 0. The van der Waals surface area contributed by atoms with E-state index in [1.165, 1.54) is 0 Å². The average molecular weight is 192 g/mol. The quantitative estimate of drug-likeness (QED) is 0.625. The molecule has 0 saturated carbocycles. The lowest BCUT2D eigenvalue weighted by atomic mass is 10.1. The van der Waals surface area contributed by atoms with Crippen LogP contribution in [0, 0.1) is 0 Å². The summed E-state index contributed by atoms with van der Waals surface area (Å²) in [4.78, 5) is 13.1. The van der Waals surface area contributed by atoms with Crippen molar-refractivity contribution in [2.75, 3.05) is 7.05 Å². The molecule has 0 N–H and O–H groups in total. The maximum absolute atomic E-state index is 11.4. The zero-order valence-corrected chi connectivity index (χ0v) is 9.06. The van der Waals surface area contributed by atoms with Gasteiger partial charge in [0.25, 0.3) is 0 Å². The summed E-state index contributed by atoms with van der Waals surface area (Å²) in [5.74, 6) is 0.0117. The molecule has 3 heteroatoms. The Morgan fingerprint density at radius 3 is 2.33 bits per heavy atom. The lowest BCUT2D eigenvalue weighted by Crippen LogP contribution is -2.38. The van der Waals surface area contributed by atoms with Gasteiger partial charge in [0.2, 0.25) is 5.91 Å². The second-order valence-corrected chi connectivity index (χ2v) is 3.86. The van der Waals surface area contributed by atoms with Crippen LogP contribution in [-0.2, 0) is 4.79 Å². The Labute approximate surface area is 79.9 Å². The standard InChI is InChI=1S/C9H18ClNO/c1-5-6-7(2)11(4)9(12)8(3)10/h7-8H,5-6H2,1-4H3. The molecular formula is C9H18ClNO. The molecule has 12 heavy (non-hydrogen) atoms. The van der Waals surface area contributed by atoms with E-state index in [2.05, 4.69) is 6.92 Å². The minimum absolute atomic E-state index is 0.0117. The highest BCUT2D eigenvalue weighted by Crippen LogP contribution is 2.08. The molecular weight excluding hydrogens is 174 g/mol. The number of hydrogen-bond acceptors (Lipinski definition) is 1. The highest BCUT2D eigenvalue weighted by Gasteiger charge is 2.18. The summed E-state index contributed by atoms with van der Waals surface area (Å²) in [6, 6.07) is 0.295. The van der Waals surface area contributed by atoms with Crippen LogP contribution < -0.4 is 0 Å². The first kappa shape index (κ1) is 11.8. The first-order valence-electron chi connectivity index (χ1n) is 4.41. The van der Waals surface area contributed by atoms with E-state index in [1.54, 1.807) is 11.8 Å². The van der Waals surface area contributed by atoms with Crippen molar-refractivity contribution in [2.45, 2.75) is 45.0 Å². The summed E-state index contributed by atoms with van der Waals surface area (Å²) in [6.45, 7) is 5.86. The van der Waals surface area contributed by atoms with Crippen LogP contribution in [-0.4, -0.2) is 29.3 Å². The van der Waals surface area contributed by atoms with Crippen LogP contribution in [0.4, 0.5) is 0 Å². The van der Waals surface area contributed by atoms with Crippen LogP contribution in [0.5, 0.6) is 0 Å². The Morgan fingerprint density at radius 2 is 2.00 bits per heavy atom. The summed E-state index contributed by atoms with van der Waals surface area (Å²) in [5, 5.41) is -0.408. The lowest BCUT2D eigenvalue weighted by molar-refractivity contribution is -0.131. The topological polar surface area (TPSA) is 20.3 Å². The van der Waals surface area contributed by atoms with Crippen molar-refractivity contribution >= 4 is 17.5 Å². The third-order valence-electron chi connectivity index (χ3n) is 2.06. The van der Waals surface area contributed by atoms with E-state index in [4.69, 9.17) is 11.6 Å². The Kier molecular flexibility index (Phi) is 5.31. The number of nitrogens with zero attached hydrogens (tertiary/aromatic N) is 1. The molecule has 0 aromatic carbocycles. The third-order valence-corrected chi connectivity index (χ3v) is 2.24. The van der Waals surface area contributed by atoms with Crippen LogP contribution in [0.3, 0.4) is 0 Å². The third kappa shape index (κ3) is 3.44. The molecule has 72 valence electrons. The van der Waals surface area contributed by atoms with Crippen molar-refractivity contribution < 1.29 is 4.79 Å². The van der Waals surface area contributed by atoms with Crippen molar-refractivity contribution in [1.29, 1.82) is 0 Å². The summed E-state index contributed by atoms with van der Waals surface area (Å²) in [7, 11) is 1.81. The van der Waals surface area contributed by atoms with E-state index in [1.807, 2.05) is 14.0 Å². The van der Waals surface area contributed by atoms with Crippen LogP contribution >= 0.6 is 11.6 Å².